The van der Waals surface area contributed by atoms with Crippen molar-refractivity contribution in [1.29, 1.82) is 0 Å². The van der Waals surface area contributed by atoms with Crippen molar-refractivity contribution < 1.29 is 14.0 Å². The zero-order chi connectivity index (χ0) is 17.2. The van der Waals surface area contributed by atoms with Gasteiger partial charge in [-0.1, -0.05) is 6.07 Å². The van der Waals surface area contributed by atoms with Crippen LogP contribution in [0.1, 0.15) is 35.2 Å². The maximum Gasteiger partial charge on any atom is 0.314 e. The lowest BCUT2D eigenvalue weighted by molar-refractivity contribution is 0.0957. The van der Waals surface area contributed by atoms with Crippen molar-refractivity contribution in [1.82, 2.24) is 16.0 Å². The molecular formula is C17H23N3O3S. The molecule has 130 valence electrons. The Morgan fingerprint density at radius 2 is 2.04 bits per heavy atom. The van der Waals surface area contributed by atoms with Crippen LogP contribution in [0.25, 0.3) is 0 Å². The highest BCUT2D eigenvalue weighted by atomic mass is 32.1. The van der Waals surface area contributed by atoms with Crippen LogP contribution in [0.4, 0.5) is 4.79 Å². The Labute approximate surface area is 145 Å². The summed E-state index contributed by atoms with van der Waals surface area (Å²) >= 11 is 1.41. The van der Waals surface area contributed by atoms with Gasteiger partial charge in [0.1, 0.15) is 5.76 Å². The minimum absolute atomic E-state index is 0.0635. The third-order valence-corrected chi connectivity index (χ3v) is 4.32. The second kappa shape index (κ2) is 9.77. The second-order valence-corrected chi connectivity index (χ2v) is 6.45. The van der Waals surface area contributed by atoms with Crippen molar-refractivity contribution in [3.63, 3.8) is 0 Å². The average molecular weight is 349 g/mol. The first-order valence-corrected chi connectivity index (χ1v) is 8.91. The van der Waals surface area contributed by atoms with E-state index in [4.69, 9.17) is 4.42 Å². The molecule has 0 aliphatic carbocycles. The second-order valence-electron chi connectivity index (χ2n) is 5.51. The van der Waals surface area contributed by atoms with E-state index in [1.807, 2.05) is 30.5 Å². The van der Waals surface area contributed by atoms with Gasteiger partial charge in [-0.15, -0.1) is 11.3 Å². The van der Waals surface area contributed by atoms with Crippen molar-refractivity contribution >= 4 is 23.3 Å². The Morgan fingerprint density at radius 1 is 1.21 bits per heavy atom. The Morgan fingerprint density at radius 3 is 2.75 bits per heavy atom. The van der Waals surface area contributed by atoms with E-state index < -0.39 is 0 Å². The van der Waals surface area contributed by atoms with Crippen molar-refractivity contribution in [2.45, 2.75) is 32.2 Å². The molecule has 0 bridgehead atoms. The van der Waals surface area contributed by atoms with Gasteiger partial charge < -0.3 is 20.4 Å². The molecule has 0 fully saturated rings. The highest BCUT2D eigenvalue weighted by Crippen LogP contribution is 2.07. The molecule has 0 saturated heterocycles. The fourth-order valence-electron chi connectivity index (χ4n) is 2.15. The Balaban J connectivity index is 1.50. The monoisotopic (exact) mass is 349 g/mol. The van der Waals surface area contributed by atoms with Crippen LogP contribution in [-0.4, -0.2) is 31.1 Å². The fraction of sp³-hybridized carbons (Fsp3) is 0.412. The molecule has 2 heterocycles. The van der Waals surface area contributed by atoms with Gasteiger partial charge >= 0.3 is 6.03 Å². The number of rotatable bonds is 9. The van der Waals surface area contributed by atoms with E-state index in [2.05, 4.69) is 16.0 Å². The molecule has 6 nitrogen and oxygen atoms in total. The summed E-state index contributed by atoms with van der Waals surface area (Å²) in [5.41, 5.74) is 0. The van der Waals surface area contributed by atoms with Crippen molar-refractivity contribution in [3.8, 4) is 0 Å². The molecule has 7 heteroatoms. The molecule has 3 N–H and O–H groups in total. The van der Waals surface area contributed by atoms with E-state index >= 15 is 0 Å². The maximum absolute atomic E-state index is 11.8. The van der Waals surface area contributed by atoms with Crippen LogP contribution in [0.2, 0.25) is 0 Å². The Bertz CT molecular complexity index is 611. The molecular weight excluding hydrogens is 326 g/mol. The normalized spacial score (nSPS) is 11.7. The number of furan rings is 1. The largest absolute Gasteiger partial charge is 0.469 e. The lowest BCUT2D eigenvalue weighted by Gasteiger charge is -2.14. The summed E-state index contributed by atoms with van der Waals surface area (Å²) in [6, 6.07) is 7.29. The third-order valence-electron chi connectivity index (χ3n) is 3.45. The van der Waals surface area contributed by atoms with Gasteiger partial charge in [0.2, 0.25) is 0 Å². The highest BCUT2D eigenvalue weighted by molar-refractivity contribution is 7.12. The molecule has 0 radical (unpaired) electrons. The lowest BCUT2D eigenvalue weighted by Crippen LogP contribution is -2.41. The molecule has 1 atom stereocenters. The Kier molecular flexibility index (Phi) is 7.35. The SMILES string of the molecule is CC(CCc1ccco1)NC(=O)NCCCNC(=O)c1cccs1. The van der Waals surface area contributed by atoms with Gasteiger partial charge in [-0.25, -0.2) is 4.79 Å². The summed E-state index contributed by atoms with van der Waals surface area (Å²) in [7, 11) is 0. The summed E-state index contributed by atoms with van der Waals surface area (Å²) in [5, 5.41) is 10.4. The third kappa shape index (κ3) is 6.45. The molecule has 2 aromatic heterocycles. The molecule has 0 aliphatic heterocycles. The number of hydrogen-bond donors (Lipinski definition) is 3. The summed E-state index contributed by atoms with van der Waals surface area (Å²) in [4.78, 5) is 24.2. The minimum Gasteiger partial charge on any atom is -0.469 e. The van der Waals surface area contributed by atoms with Gasteiger partial charge in [0.05, 0.1) is 11.1 Å². The van der Waals surface area contributed by atoms with Crippen LogP contribution in [0, 0.1) is 0 Å². The van der Waals surface area contributed by atoms with Gasteiger partial charge in [0.25, 0.3) is 5.91 Å². The van der Waals surface area contributed by atoms with Crippen molar-refractivity contribution in [2.24, 2.45) is 0 Å². The standard InChI is InChI=1S/C17H23N3O3S/c1-13(7-8-14-5-2-11-23-14)20-17(22)19-10-4-9-18-16(21)15-6-3-12-24-15/h2-3,5-6,11-13H,4,7-10H2,1H3,(H,18,21)(H2,19,20,22). The summed E-state index contributed by atoms with van der Waals surface area (Å²) in [5.74, 6) is 0.853. The number of urea groups is 1. The smallest absolute Gasteiger partial charge is 0.314 e. The predicted molar refractivity (Wildman–Crippen MR) is 94.3 cm³/mol. The molecule has 0 saturated carbocycles. The Hall–Kier alpha value is -2.28. The van der Waals surface area contributed by atoms with Crippen molar-refractivity contribution in [3.05, 3.63) is 46.5 Å². The molecule has 1 unspecified atom stereocenters. The molecule has 24 heavy (non-hydrogen) atoms. The van der Waals surface area contributed by atoms with Crippen LogP contribution in [-0.2, 0) is 6.42 Å². The van der Waals surface area contributed by atoms with E-state index in [0.29, 0.717) is 24.4 Å². The number of hydrogen-bond acceptors (Lipinski definition) is 4. The lowest BCUT2D eigenvalue weighted by atomic mass is 10.1. The number of thiophene rings is 1. The van der Waals surface area contributed by atoms with Crippen LogP contribution in [0.5, 0.6) is 0 Å². The van der Waals surface area contributed by atoms with Crippen LogP contribution >= 0.6 is 11.3 Å². The topological polar surface area (TPSA) is 83.4 Å². The van der Waals surface area contributed by atoms with Crippen LogP contribution < -0.4 is 16.0 Å². The first-order chi connectivity index (χ1) is 11.6. The number of amides is 3. The van der Waals surface area contributed by atoms with Gasteiger partial charge in [0.15, 0.2) is 0 Å². The van der Waals surface area contributed by atoms with Gasteiger partial charge in [-0.2, -0.15) is 0 Å². The number of aryl methyl sites for hydroxylation is 1. The van der Waals surface area contributed by atoms with Gasteiger partial charge in [0, 0.05) is 25.6 Å². The average Bonchev–Trinajstić information content (AvgIpc) is 3.25. The quantitative estimate of drug-likeness (QED) is 0.609. The van der Waals surface area contributed by atoms with Crippen molar-refractivity contribution in [2.75, 3.05) is 13.1 Å². The zero-order valence-corrected chi connectivity index (χ0v) is 14.5. The molecule has 3 amide bonds. The number of carbonyl (C=O) groups excluding carboxylic acids is 2. The molecule has 0 aromatic carbocycles. The molecule has 2 rings (SSSR count). The van der Waals surface area contributed by atoms with E-state index in [-0.39, 0.29) is 18.0 Å². The van der Waals surface area contributed by atoms with E-state index in [9.17, 15) is 9.59 Å². The first-order valence-electron chi connectivity index (χ1n) is 8.03. The van der Waals surface area contributed by atoms with Crippen LogP contribution in [0.15, 0.2) is 40.3 Å². The summed E-state index contributed by atoms with van der Waals surface area (Å²) in [6.07, 6.45) is 3.95. The number of nitrogens with one attached hydrogen (secondary N) is 3. The predicted octanol–water partition coefficient (Wildman–Crippen LogP) is 2.78. The molecule has 0 spiro atoms. The van der Waals surface area contributed by atoms with Gasteiger partial charge in [-0.3, -0.25) is 4.79 Å². The highest BCUT2D eigenvalue weighted by Gasteiger charge is 2.08. The minimum atomic E-state index is -0.188. The fourth-order valence-corrected chi connectivity index (χ4v) is 2.79. The number of carbonyl (C=O) groups is 2. The van der Waals surface area contributed by atoms with E-state index in [1.54, 1.807) is 12.3 Å². The van der Waals surface area contributed by atoms with Gasteiger partial charge in [-0.05, 0) is 43.3 Å². The summed E-state index contributed by atoms with van der Waals surface area (Å²) < 4.78 is 5.26. The first kappa shape index (κ1) is 18.1. The van der Waals surface area contributed by atoms with E-state index in [0.717, 1.165) is 18.6 Å². The van der Waals surface area contributed by atoms with Crippen LogP contribution in [0.3, 0.4) is 0 Å². The molecule has 0 aliphatic rings. The summed E-state index contributed by atoms with van der Waals surface area (Å²) in [6.45, 7) is 3.01. The maximum atomic E-state index is 11.8. The zero-order valence-electron chi connectivity index (χ0n) is 13.7. The molecule has 2 aromatic rings. The van der Waals surface area contributed by atoms with E-state index in [1.165, 1.54) is 11.3 Å².